The summed E-state index contributed by atoms with van der Waals surface area (Å²) >= 11 is 9.49. The maximum absolute atomic E-state index is 6.09. The number of nitrogens with zero attached hydrogens (tertiary/aromatic N) is 3. The smallest absolute Gasteiger partial charge is 0.258 e. The molecule has 0 unspecified atom stereocenters. The Morgan fingerprint density at radius 1 is 1.18 bits per heavy atom. The molecule has 0 radical (unpaired) electrons. The van der Waals surface area contributed by atoms with Crippen LogP contribution in [0.25, 0.3) is 0 Å². The van der Waals surface area contributed by atoms with Gasteiger partial charge in [0.2, 0.25) is 0 Å². The van der Waals surface area contributed by atoms with Crippen LogP contribution in [0.5, 0.6) is 11.6 Å². The highest BCUT2D eigenvalue weighted by Gasteiger charge is 2.27. The molecular weight excluding hydrogens is 370 g/mol. The molecule has 22 heavy (non-hydrogen) atoms. The van der Waals surface area contributed by atoms with E-state index in [9.17, 15) is 0 Å². The number of halogens is 2. The Bertz CT molecular complexity index is 499. The predicted octanol–water partition coefficient (Wildman–Crippen LogP) is 2.66. The number of hydrogen-bond acceptors (Lipinski definition) is 5. The fraction of sp³-hybridized carbons (Fsp3) is 0.667. The first-order valence-corrected chi connectivity index (χ1v) is 8.74. The summed E-state index contributed by atoms with van der Waals surface area (Å²) in [6.07, 6.45) is 2.32. The topological polar surface area (TPSA) is 37.8 Å². The normalized spacial score (nSPS) is 25.5. The van der Waals surface area contributed by atoms with Gasteiger partial charge < -0.3 is 9.47 Å². The lowest BCUT2D eigenvalue weighted by Gasteiger charge is -2.38. The molecule has 0 spiro atoms. The number of likely N-dealkylation sites (tertiary alicyclic amines) is 2. The van der Waals surface area contributed by atoms with E-state index < -0.39 is 0 Å². The summed E-state index contributed by atoms with van der Waals surface area (Å²) in [6, 6.07) is 2.77. The maximum atomic E-state index is 6.09. The maximum Gasteiger partial charge on any atom is 0.258 e. The molecule has 2 atom stereocenters. The van der Waals surface area contributed by atoms with Crippen LogP contribution in [0.1, 0.15) is 12.8 Å². The van der Waals surface area contributed by atoms with Gasteiger partial charge in [-0.05, 0) is 56.0 Å². The lowest BCUT2D eigenvalue weighted by molar-refractivity contribution is 0.0646. The number of likely N-dealkylation sites (N-methyl/N-ethyl adjacent to an activating group) is 2. The zero-order valence-electron chi connectivity index (χ0n) is 12.9. The van der Waals surface area contributed by atoms with Crippen LogP contribution in [0, 0.1) is 0 Å². The third-order valence-corrected chi connectivity index (χ3v) is 5.71. The summed E-state index contributed by atoms with van der Waals surface area (Å²) in [5.41, 5.74) is 0. The van der Waals surface area contributed by atoms with Crippen LogP contribution >= 0.6 is 27.5 Å². The van der Waals surface area contributed by atoms with Crippen molar-refractivity contribution in [1.29, 1.82) is 0 Å². The first-order chi connectivity index (χ1) is 10.5. The monoisotopic (exact) mass is 389 g/mol. The molecule has 2 saturated heterocycles. The van der Waals surface area contributed by atoms with Crippen LogP contribution in [0.15, 0.2) is 10.5 Å². The molecule has 0 N–H and O–H groups in total. The van der Waals surface area contributed by atoms with Gasteiger partial charge in [-0.2, -0.15) is 4.98 Å². The molecule has 3 heterocycles. The Labute approximate surface area is 144 Å². The molecule has 0 saturated carbocycles. The molecule has 0 aliphatic carbocycles. The van der Waals surface area contributed by atoms with Crippen molar-refractivity contribution in [1.82, 2.24) is 14.8 Å². The van der Waals surface area contributed by atoms with E-state index in [1.165, 1.54) is 6.42 Å². The lowest BCUT2D eigenvalue weighted by Crippen LogP contribution is -2.48. The fourth-order valence-electron chi connectivity index (χ4n) is 2.56. The number of hydrogen-bond donors (Lipinski definition) is 0. The summed E-state index contributed by atoms with van der Waals surface area (Å²) in [6.45, 7) is 3.51. The molecule has 122 valence electrons. The molecule has 7 heteroatoms. The van der Waals surface area contributed by atoms with Crippen molar-refractivity contribution in [3.8, 4) is 11.6 Å². The molecule has 2 fully saturated rings. The predicted molar refractivity (Wildman–Crippen MR) is 90.0 cm³/mol. The Morgan fingerprint density at radius 2 is 1.77 bits per heavy atom. The molecule has 1 aromatic rings. The second-order valence-electron chi connectivity index (χ2n) is 6.03. The Hall–Kier alpha value is -0.560. The van der Waals surface area contributed by atoms with Gasteiger partial charge in [-0.3, -0.25) is 9.80 Å². The summed E-state index contributed by atoms with van der Waals surface area (Å²) in [5.74, 6) is 1.13. The van der Waals surface area contributed by atoms with E-state index in [1.807, 2.05) is 6.07 Å². The molecule has 3 rings (SSSR count). The standard InChI is InChI=1S/C15H21BrClN3O2/c1-19-5-3-10(19)8-21-13-7-12(16)14(17)18-15(13)22-9-11-4-6-20(11)2/h7,10-11H,3-6,8-9H2,1-2H3/t10-,11-/m1/s1. The molecule has 2 aliphatic heterocycles. The molecular formula is C15H21BrClN3O2. The number of aromatic nitrogens is 1. The zero-order valence-corrected chi connectivity index (χ0v) is 15.2. The average molecular weight is 391 g/mol. The zero-order chi connectivity index (χ0) is 15.7. The van der Waals surface area contributed by atoms with Gasteiger partial charge in [-0.15, -0.1) is 0 Å². The van der Waals surface area contributed by atoms with Gasteiger partial charge in [0.25, 0.3) is 5.88 Å². The van der Waals surface area contributed by atoms with E-state index in [-0.39, 0.29) is 0 Å². The van der Waals surface area contributed by atoms with E-state index in [0.29, 0.717) is 42.1 Å². The van der Waals surface area contributed by atoms with Crippen molar-refractivity contribution in [2.75, 3.05) is 40.4 Å². The molecule has 0 aromatic carbocycles. The highest BCUT2D eigenvalue weighted by Crippen LogP contribution is 2.34. The van der Waals surface area contributed by atoms with Crippen molar-refractivity contribution >= 4 is 27.5 Å². The van der Waals surface area contributed by atoms with Crippen molar-refractivity contribution in [3.05, 3.63) is 15.7 Å². The van der Waals surface area contributed by atoms with Crippen LogP contribution in [0.4, 0.5) is 0 Å². The van der Waals surface area contributed by atoms with Gasteiger partial charge in [-0.1, -0.05) is 11.6 Å². The molecule has 5 nitrogen and oxygen atoms in total. The van der Waals surface area contributed by atoms with Gasteiger partial charge in [0.05, 0.1) is 4.47 Å². The number of rotatable bonds is 6. The Kier molecular flexibility index (Phi) is 5.12. The third kappa shape index (κ3) is 3.50. The summed E-state index contributed by atoms with van der Waals surface area (Å²) < 4.78 is 12.5. The van der Waals surface area contributed by atoms with Crippen LogP contribution < -0.4 is 9.47 Å². The average Bonchev–Trinajstić information content (AvgIpc) is 2.48. The SMILES string of the molecule is CN1CC[C@@H]1COc1cc(Br)c(Cl)nc1OC[C@H]1CCN1C. The second-order valence-corrected chi connectivity index (χ2v) is 7.24. The van der Waals surface area contributed by atoms with E-state index >= 15 is 0 Å². The van der Waals surface area contributed by atoms with Gasteiger partial charge in [0.15, 0.2) is 5.75 Å². The number of ether oxygens (including phenoxy) is 2. The minimum Gasteiger partial charge on any atom is -0.486 e. The largest absolute Gasteiger partial charge is 0.486 e. The van der Waals surface area contributed by atoms with Gasteiger partial charge in [-0.25, -0.2) is 0 Å². The van der Waals surface area contributed by atoms with Crippen LogP contribution in [0.3, 0.4) is 0 Å². The molecule has 2 aliphatic rings. The first kappa shape index (κ1) is 16.3. The molecule has 0 bridgehead atoms. The van der Waals surface area contributed by atoms with E-state index in [0.717, 1.165) is 24.0 Å². The van der Waals surface area contributed by atoms with Crippen LogP contribution in [-0.4, -0.2) is 67.3 Å². The van der Waals surface area contributed by atoms with Gasteiger partial charge in [0, 0.05) is 18.2 Å². The van der Waals surface area contributed by atoms with Crippen LogP contribution in [-0.2, 0) is 0 Å². The van der Waals surface area contributed by atoms with Crippen LogP contribution in [0.2, 0.25) is 5.15 Å². The summed E-state index contributed by atoms with van der Waals surface area (Å²) in [5, 5.41) is 0.394. The van der Waals surface area contributed by atoms with Gasteiger partial charge in [0.1, 0.15) is 18.4 Å². The Morgan fingerprint density at radius 3 is 2.27 bits per heavy atom. The van der Waals surface area contributed by atoms with E-state index in [1.54, 1.807) is 0 Å². The minimum atomic E-state index is 0.394. The highest BCUT2D eigenvalue weighted by molar-refractivity contribution is 9.10. The highest BCUT2D eigenvalue weighted by atomic mass is 79.9. The molecule has 0 amide bonds. The fourth-order valence-corrected chi connectivity index (χ4v) is 2.99. The van der Waals surface area contributed by atoms with Crippen molar-refractivity contribution in [2.24, 2.45) is 0 Å². The quantitative estimate of drug-likeness (QED) is 0.698. The first-order valence-electron chi connectivity index (χ1n) is 7.56. The van der Waals surface area contributed by atoms with Crippen molar-refractivity contribution < 1.29 is 9.47 Å². The number of pyridine rings is 1. The van der Waals surface area contributed by atoms with Crippen molar-refractivity contribution in [3.63, 3.8) is 0 Å². The van der Waals surface area contributed by atoms with Gasteiger partial charge >= 0.3 is 0 Å². The van der Waals surface area contributed by atoms with E-state index in [4.69, 9.17) is 21.1 Å². The summed E-state index contributed by atoms with van der Waals surface area (Å²) in [4.78, 5) is 8.86. The summed E-state index contributed by atoms with van der Waals surface area (Å²) in [7, 11) is 4.21. The van der Waals surface area contributed by atoms with Crippen molar-refractivity contribution in [2.45, 2.75) is 24.9 Å². The molecule has 1 aromatic heterocycles. The lowest BCUT2D eigenvalue weighted by atomic mass is 10.1. The Balaban J connectivity index is 1.64. The minimum absolute atomic E-state index is 0.394. The second kappa shape index (κ2) is 6.91. The third-order valence-electron chi connectivity index (χ3n) is 4.59. The van der Waals surface area contributed by atoms with E-state index in [2.05, 4.69) is 44.8 Å².